The first-order valence-electron chi connectivity index (χ1n) is 10.2. The third-order valence-corrected chi connectivity index (χ3v) is 4.97. The lowest BCUT2D eigenvalue weighted by atomic mass is 10.00. The van der Waals surface area contributed by atoms with Crippen LogP contribution in [0.25, 0.3) is 0 Å². The Labute approximate surface area is 164 Å². The summed E-state index contributed by atoms with van der Waals surface area (Å²) in [7, 11) is 1.41. The normalized spacial score (nSPS) is 19.0. The highest BCUT2D eigenvalue weighted by Crippen LogP contribution is 2.22. The van der Waals surface area contributed by atoms with Gasteiger partial charge in [0, 0.05) is 32.2 Å². The summed E-state index contributed by atoms with van der Waals surface area (Å²) in [6.07, 6.45) is 10.4. The molecule has 1 rings (SSSR count). The van der Waals surface area contributed by atoms with Crippen molar-refractivity contribution in [2.75, 3.05) is 13.7 Å². The standard InChI is InChI=1S/C22H35NO4/c1-4-5-8-11-18(2)20(24)15-13-19-14-16-21(25)23(19)17-10-7-6-9-12-22(26)27-3/h13,15,18-20,24H,4,6-7,9-12,14,16-17H2,1-3H3/b15-13+/t18-,19+,20-/m1/s1. The molecule has 1 fully saturated rings. The van der Waals surface area contributed by atoms with E-state index < -0.39 is 6.10 Å². The molecule has 0 unspecified atom stereocenters. The van der Waals surface area contributed by atoms with Gasteiger partial charge in [0.2, 0.25) is 5.91 Å². The summed E-state index contributed by atoms with van der Waals surface area (Å²) >= 11 is 0. The van der Waals surface area contributed by atoms with Gasteiger partial charge in [-0.05, 0) is 25.2 Å². The van der Waals surface area contributed by atoms with Gasteiger partial charge in [0.05, 0.1) is 19.3 Å². The van der Waals surface area contributed by atoms with E-state index in [4.69, 9.17) is 0 Å². The van der Waals surface area contributed by atoms with E-state index in [1.54, 1.807) is 0 Å². The van der Waals surface area contributed by atoms with Crippen LogP contribution in [0.15, 0.2) is 12.2 Å². The topological polar surface area (TPSA) is 66.8 Å². The quantitative estimate of drug-likeness (QED) is 0.259. The molecule has 5 nitrogen and oxygen atoms in total. The first kappa shape index (κ1) is 23.2. The summed E-state index contributed by atoms with van der Waals surface area (Å²) < 4.78 is 4.63. The Morgan fingerprint density at radius 2 is 2.07 bits per heavy atom. The molecule has 0 aliphatic carbocycles. The molecule has 0 spiro atoms. The van der Waals surface area contributed by atoms with Crippen LogP contribution in [0.1, 0.15) is 71.6 Å². The van der Waals surface area contributed by atoms with E-state index in [-0.39, 0.29) is 23.8 Å². The molecular weight excluding hydrogens is 342 g/mol. The Bertz CT molecular complexity index is 546. The fraction of sp³-hybridized carbons (Fsp3) is 0.727. The van der Waals surface area contributed by atoms with Gasteiger partial charge in [-0.15, -0.1) is 11.8 Å². The summed E-state index contributed by atoms with van der Waals surface area (Å²) in [5.41, 5.74) is 0. The van der Waals surface area contributed by atoms with Gasteiger partial charge in [0.25, 0.3) is 0 Å². The van der Waals surface area contributed by atoms with Gasteiger partial charge in [-0.25, -0.2) is 0 Å². The Morgan fingerprint density at radius 1 is 1.33 bits per heavy atom. The number of methoxy groups -OCH3 is 1. The van der Waals surface area contributed by atoms with Crippen LogP contribution >= 0.6 is 0 Å². The molecule has 1 heterocycles. The molecule has 0 saturated carbocycles. The summed E-state index contributed by atoms with van der Waals surface area (Å²) in [5, 5.41) is 10.3. The second kappa shape index (κ2) is 13.4. The Kier molecular flexibility index (Phi) is 11.5. The number of hydrogen-bond donors (Lipinski definition) is 1. The number of ether oxygens (including phenoxy) is 1. The van der Waals surface area contributed by atoms with Crippen molar-refractivity contribution in [2.45, 2.75) is 83.8 Å². The molecule has 0 bridgehead atoms. The van der Waals surface area contributed by atoms with Gasteiger partial charge < -0.3 is 14.7 Å². The van der Waals surface area contributed by atoms with Crippen molar-refractivity contribution >= 4 is 11.9 Å². The number of likely N-dealkylation sites (tertiary alicyclic amines) is 1. The minimum absolute atomic E-state index is 0.0798. The lowest BCUT2D eigenvalue weighted by Gasteiger charge is -2.23. The van der Waals surface area contributed by atoms with Crippen molar-refractivity contribution in [3.63, 3.8) is 0 Å². The van der Waals surface area contributed by atoms with Gasteiger partial charge in [-0.1, -0.05) is 38.8 Å². The molecule has 1 aliphatic rings. The zero-order valence-corrected chi connectivity index (χ0v) is 17.1. The lowest BCUT2D eigenvalue weighted by Crippen LogP contribution is -2.33. The first-order valence-corrected chi connectivity index (χ1v) is 10.2. The Morgan fingerprint density at radius 3 is 2.78 bits per heavy atom. The number of nitrogens with zero attached hydrogens (tertiary/aromatic N) is 1. The zero-order valence-electron chi connectivity index (χ0n) is 17.1. The second-order valence-electron chi connectivity index (χ2n) is 7.20. The molecule has 0 aromatic heterocycles. The van der Waals surface area contributed by atoms with E-state index in [1.165, 1.54) is 7.11 Å². The molecule has 1 amide bonds. The maximum atomic E-state index is 12.1. The highest BCUT2D eigenvalue weighted by atomic mass is 16.5. The van der Waals surface area contributed by atoms with Crippen molar-refractivity contribution in [1.82, 2.24) is 4.90 Å². The smallest absolute Gasteiger partial charge is 0.305 e. The third-order valence-electron chi connectivity index (χ3n) is 4.97. The van der Waals surface area contributed by atoms with Crippen molar-refractivity contribution in [3.05, 3.63) is 12.2 Å². The molecule has 0 aromatic rings. The Balaban J connectivity index is 2.37. The Hall–Kier alpha value is -1.80. The van der Waals surface area contributed by atoms with Gasteiger partial charge in [0.15, 0.2) is 0 Å². The fourth-order valence-corrected chi connectivity index (χ4v) is 3.16. The molecule has 1 saturated heterocycles. The molecule has 152 valence electrons. The predicted molar refractivity (Wildman–Crippen MR) is 107 cm³/mol. The molecule has 0 radical (unpaired) electrons. The van der Waals surface area contributed by atoms with Crippen LogP contribution < -0.4 is 0 Å². The van der Waals surface area contributed by atoms with Crippen LogP contribution in [-0.4, -0.2) is 47.7 Å². The van der Waals surface area contributed by atoms with Crippen LogP contribution in [-0.2, 0) is 14.3 Å². The average Bonchev–Trinajstić information content (AvgIpc) is 3.02. The summed E-state index contributed by atoms with van der Waals surface area (Å²) in [4.78, 5) is 25.1. The second-order valence-corrected chi connectivity index (χ2v) is 7.20. The zero-order chi connectivity index (χ0) is 20.1. The summed E-state index contributed by atoms with van der Waals surface area (Å²) in [6.45, 7) is 4.74. The van der Waals surface area contributed by atoms with Crippen molar-refractivity contribution in [1.29, 1.82) is 0 Å². The van der Waals surface area contributed by atoms with Crippen LogP contribution in [0.5, 0.6) is 0 Å². The predicted octanol–water partition coefficient (Wildman–Crippen LogP) is 3.46. The maximum absolute atomic E-state index is 12.1. The number of esters is 1. The average molecular weight is 378 g/mol. The van der Waals surface area contributed by atoms with Gasteiger partial charge >= 0.3 is 5.97 Å². The molecule has 1 N–H and O–H groups in total. The summed E-state index contributed by atoms with van der Waals surface area (Å²) in [6, 6.07) is 0.0798. The van der Waals surface area contributed by atoms with E-state index in [0.717, 1.165) is 45.1 Å². The van der Waals surface area contributed by atoms with E-state index in [0.29, 0.717) is 19.3 Å². The number of amides is 1. The monoisotopic (exact) mass is 377 g/mol. The number of carbonyl (C=O) groups excluding carboxylic acids is 2. The minimum atomic E-state index is -0.535. The van der Waals surface area contributed by atoms with Crippen molar-refractivity contribution < 1.29 is 19.4 Å². The molecule has 0 aromatic carbocycles. The number of rotatable bonds is 11. The van der Waals surface area contributed by atoms with Crippen LogP contribution in [0.2, 0.25) is 0 Å². The summed E-state index contributed by atoms with van der Waals surface area (Å²) in [5.74, 6) is 6.22. The van der Waals surface area contributed by atoms with Gasteiger partial charge in [-0.3, -0.25) is 9.59 Å². The number of hydrogen-bond acceptors (Lipinski definition) is 4. The number of aliphatic hydroxyl groups excluding tert-OH is 1. The van der Waals surface area contributed by atoms with E-state index in [9.17, 15) is 14.7 Å². The minimum Gasteiger partial charge on any atom is -0.469 e. The maximum Gasteiger partial charge on any atom is 0.305 e. The van der Waals surface area contributed by atoms with Crippen LogP contribution in [0, 0.1) is 17.8 Å². The largest absolute Gasteiger partial charge is 0.469 e. The van der Waals surface area contributed by atoms with Gasteiger partial charge in [0.1, 0.15) is 0 Å². The van der Waals surface area contributed by atoms with Crippen molar-refractivity contribution in [3.8, 4) is 11.8 Å². The molecular formula is C22H35NO4. The molecule has 27 heavy (non-hydrogen) atoms. The lowest BCUT2D eigenvalue weighted by molar-refractivity contribution is -0.140. The van der Waals surface area contributed by atoms with E-state index in [2.05, 4.69) is 16.6 Å². The van der Waals surface area contributed by atoms with E-state index >= 15 is 0 Å². The van der Waals surface area contributed by atoms with Crippen molar-refractivity contribution in [2.24, 2.45) is 5.92 Å². The molecule has 1 aliphatic heterocycles. The van der Waals surface area contributed by atoms with Crippen LogP contribution in [0.3, 0.4) is 0 Å². The molecule has 5 heteroatoms. The number of carbonyl (C=O) groups is 2. The van der Waals surface area contributed by atoms with Gasteiger partial charge in [-0.2, -0.15) is 0 Å². The van der Waals surface area contributed by atoms with Crippen LogP contribution in [0.4, 0.5) is 0 Å². The molecule has 3 atom stereocenters. The number of unbranched alkanes of at least 4 members (excludes halogenated alkanes) is 3. The van der Waals surface area contributed by atoms with E-state index in [1.807, 2.05) is 30.9 Å². The number of aliphatic hydroxyl groups is 1. The first-order chi connectivity index (χ1) is 13.0. The highest BCUT2D eigenvalue weighted by Gasteiger charge is 2.28. The fourth-order valence-electron chi connectivity index (χ4n) is 3.16. The SMILES string of the molecule is CCC#CC[C@@H](C)[C@H](O)/C=C/[C@H]1CCC(=O)N1CCCCCCC(=O)OC. The highest BCUT2D eigenvalue weighted by molar-refractivity contribution is 5.79. The third kappa shape index (κ3) is 9.10.